The van der Waals surface area contributed by atoms with Crippen molar-refractivity contribution in [3.05, 3.63) is 0 Å². The largest absolute Gasteiger partial charge is 0.313 e. The van der Waals surface area contributed by atoms with Gasteiger partial charge in [-0.15, -0.1) is 0 Å². The van der Waals surface area contributed by atoms with Crippen LogP contribution < -0.4 is 5.32 Å². The van der Waals surface area contributed by atoms with Crippen molar-refractivity contribution >= 4 is 0 Å². The van der Waals surface area contributed by atoms with Crippen molar-refractivity contribution in [2.45, 2.75) is 63.8 Å². The molecule has 14 heavy (non-hydrogen) atoms. The van der Waals surface area contributed by atoms with Crippen LogP contribution in [0.5, 0.6) is 0 Å². The van der Waals surface area contributed by atoms with Gasteiger partial charge >= 0.3 is 0 Å². The average Bonchev–Trinajstić information content (AvgIpc) is 2.78. The van der Waals surface area contributed by atoms with Crippen LogP contribution in [0.25, 0.3) is 0 Å². The Hall–Kier alpha value is -0.0400. The van der Waals surface area contributed by atoms with Gasteiger partial charge in [-0.25, -0.2) is 0 Å². The Labute approximate surface area is 87.7 Å². The SMILES string of the molecule is C1CCC(C2(CNC3CC3)CCC2)C1. The maximum atomic E-state index is 3.78. The molecule has 0 bridgehead atoms. The molecule has 0 heterocycles. The molecule has 1 nitrogen and oxygen atoms in total. The Morgan fingerprint density at radius 2 is 1.64 bits per heavy atom. The first-order chi connectivity index (χ1) is 6.89. The summed E-state index contributed by atoms with van der Waals surface area (Å²) >= 11 is 0. The van der Waals surface area contributed by atoms with Crippen molar-refractivity contribution in [1.82, 2.24) is 5.32 Å². The van der Waals surface area contributed by atoms with Crippen molar-refractivity contribution in [3.8, 4) is 0 Å². The van der Waals surface area contributed by atoms with Gasteiger partial charge in [0.25, 0.3) is 0 Å². The molecular formula is C13H23N. The Balaban J connectivity index is 1.57. The van der Waals surface area contributed by atoms with Gasteiger partial charge in [0.1, 0.15) is 0 Å². The predicted octanol–water partition coefficient (Wildman–Crippen LogP) is 3.10. The second kappa shape index (κ2) is 3.52. The van der Waals surface area contributed by atoms with Gasteiger partial charge in [-0.05, 0) is 49.9 Å². The van der Waals surface area contributed by atoms with Crippen LogP contribution in [0, 0.1) is 11.3 Å². The second-order valence-corrected chi connectivity index (χ2v) is 5.85. The van der Waals surface area contributed by atoms with Crippen molar-refractivity contribution in [2.75, 3.05) is 6.54 Å². The lowest BCUT2D eigenvalue weighted by atomic mass is 9.60. The van der Waals surface area contributed by atoms with E-state index >= 15 is 0 Å². The fraction of sp³-hybridized carbons (Fsp3) is 1.00. The molecule has 0 atom stereocenters. The molecule has 0 amide bonds. The highest BCUT2D eigenvalue weighted by Crippen LogP contribution is 2.52. The third-order valence-corrected chi connectivity index (χ3v) is 4.89. The van der Waals surface area contributed by atoms with E-state index in [9.17, 15) is 0 Å². The van der Waals surface area contributed by atoms with Gasteiger partial charge in [0.2, 0.25) is 0 Å². The quantitative estimate of drug-likeness (QED) is 0.723. The van der Waals surface area contributed by atoms with Crippen LogP contribution in [-0.4, -0.2) is 12.6 Å². The zero-order chi connectivity index (χ0) is 9.43. The van der Waals surface area contributed by atoms with Gasteiger partial charge < -0.3 is 5.32 Å². The molecular weight excluding hydrogens is 170 g/mol. The third-order valence-electron chi connectivity index (χ3n) is 4.89. The minimum Gasteiger partial charge on any atom is -0.313 e. The van der Waals surface area contributed by atoms with E-state index in [0.29, 0.717) is 0 Å². The normalized spacial score (nSPS) is 31.7. The Kier molecular flexibility index (Phi) is 2.31. The van der Waals surface area contributed by atoms with Crippen LogP contribution in [0.1, 0.15) is 57.8 Å². The van der Waals surface area contributed by atoms with E-state index in [2.05, 4.69) is 5.32 Å². The fourth-order valence-corrected chi connectivity index (χ4v) is 3.53. The van der Waals surface area contributed by atoms with Gasteiger partial charge in [-0.3, -0.25) is 0 Å². The van der Waals surface area contributed by atoms with E-state index < -0.39 is 0 Å². The number of rotatable bonds is 4. The molecule has 0 spiro atoms. The molecule has 0 aliphatic heterocycles. The first kappa shape index (κ1) is 9.21. The highest BCUT2D eigenvalue weighted by atomic mass is 15.0. The molecule has 0 radical (unpaired) electrons. The monoisotopic (exact) mass is 193 g/mol. The number of hydrogen-bond acceptors (Lipinski definition) is 1. The second-order valence-electron chi connectivity index (χ2n) is 5.85. The molecule has 1 heteroatoms. The summed E-state index contributed by atoms with van der Waals surface area (Å²) in [4.78, 5) is 0. The minimum absolute atomic E-state index is 0.763. The summed E-state index contributed by atoms with van der Waals surface area (Å²) in [5.41, 5.74) is 0.763. The molecule has 3 rings (SSSR count). The van der Waals surface area contributed by atoms with Gasteiger partial charge in [0.15, 0.2) is 0 Å². The fourth-order valence-electron chi connectivity index (χ4n) is 3.53. The van der Waals surface area contributed by atoms with E-state index in [1.807, 2.05) is 0 Å². The molecule has 1 N–H and O–H groups in total. The summed E-state index contributed by atoms with van der Waals surface area (Å²) in [5, 5.41) is 3.78. The lowest BCUT2D eigenvalue weighted by molar-refractivity contribution is 0.0511. The van der Waals surface area contributed by atoms with Crippen LogP contribution in [0.4, 0.5) is 0 Å². The molecule has 0 aromatic carbocycles. The lowest BCUT2D eigenvalue weighted by Crippen LogP contribution is -2.45. The van der Waals surface area contributed by atoms with Crippen LogP contribution >= 0.6 is 0 Å². The Bertz CT molecular complexity index is 197. The maximum Gasteiger partial charge on any atom is 0.00684 e. The summed E-state index contributed by atoms with van der Waals surface area (Å²) in [7, 11) is 0. The van der Waals surface area contributed by atoms with Crippen LogP contribution in [0.3, 0.4) is 0 Å². The third kappa shape index (κ3) is 1.60. The smallest absolute Gasteiger partial charge is 0.00684 e. The Morgan fingerprint density at radius 1 is 0.929 bits per heavy atom. The summed E-state index contributed by atoms with van der Waals surface area (Å²) in [5.74, 6) is 1.09. The first-order valence-electron chi connectivity index (χ1n) is 6.62. The number of hydrogen-bond donors (Lipinski definition) is 1. The zero-order valence-corrected chi connectivity index (χ0v) is 9.23. The van der Waals surface area contributed by atoms with Gasteiger partial charge in [0, 0.05) is 12.6 Å². The first-order valence-corrected chi connectivity index (χ1v) is 6.62. The predicted molar refractivity (Wildman–Crippen MR) is 59.3 cm³/mol. The zero-order valence-electron chi connectivity index (χ0n) is 9.23. The van der Waals surface area contributed by atoms with E-state index in [-0.39, 0.29) is 0 Å². The van der Waals surface area contributed by atoms with Crippen molar-refractivity contribution < 1.29 is 0 Å². The lowest BCUT2D eigenvalue weighted by Gasteiger charge is -2.47. The summed E-state index contributed by atoms with van der Waals surface area (Å²) in [6, 6.07) is 0.911. The molecule has 3 aliphatic rings. The highest BCUT2D eigenvalue weighted by molar-refractivity contribution is 4.98. The minimum atomic E-state index is 0.763. The summed E-state index contributed by atoms with van der Waals surface area (Å²) in [6.45, 7) is 1.35. The molecule has 0 aromatic heterocycles. The molecule has 0 saturated heterocycles. The molecule has 3 fully saturated rings. The van der Waals surface area contributed by atoms with E-state index in [1.165, 1.54) is 64.3 Å². The molecule has 0 aromatic rings. The van der Waals surface area contributed by atoms with Crippen molar-refractivity contribution in [2.24, 2.45) is 11.3 Å². The summed E-state index contributed by atoms with van der Waals surface area (Å²) < 4.78 is 0. The summed E-state index contributed by atoms with van der Waals surface area (Å²) in [6.07, 6.45) is 13.5. The maximum absolute atomic E-state index is 3.78. The number of nitrogens with one attached hydrogen (secondary N) is 1. The van der Waals surface area contributed by atoms with E-state index in [1.54, 1.807) is 0 Å². The molecule has 80 valence electrons. The standard InChI is InChI=1S/C13H23N/c1-2-5-11(4-1)13(8-3-9-13)10-14-12-6-7-12/h11-12,14H,1-10H2. The van der Waals surface area contributed by atoms with Gasteiger partial charge in [-0.1, -0.05) is 19.3 Å². The van der Waals surface area contributed by atoms with Gasteiger partial charge in [0.05, 0.1) is 0 Å². The Morgan fingerprint density at radius 3 is 2.14 bits per heavy atom. The van der Waals surface area contributed by atoms with E-state index in [0.717, 1.165) is 17.4 Å². The van der Waals surface area contributed by atoms with Gasteiger partial charge in [-0.2, -0.15) is 0 Å². The highest BCUT2D eigenvalue weighted by Gasteiger charge is 2.44. The molecule has 3 saturated carbocycles. The van der Waals surface area contributed by atoms with Crippen LogP contribution in [0.15, 0.2) is 0 Å². The van der Waals surface area contributed by atoms with E-state index in [4.69, 9.17) is 0 Å². The topological polar surface area (TPSA) is 12.0 Å². The van der Waals surface area contributed by atoms with Crippen LogP contribution in [-0.2, 0) is 0 Å². The average molecular weight is 193 g/mol. The van der Waals surface area contributed by atoms with Crippen molar-refractivity contribution in [1.29, 1.82) is 0 Å². The molecule has 0 unspecified atom stereocenters. The molecule has 3 aliphatic carbocycles. The van der Waals surface area contributed by atoms with Crippen LogP contribution in [0.2, 0.25) is 0 Å². The van der Waals surface area contributed by atoms with Crippen molar-refractivity contribution in [3.63, 3.8) is 0 Å².